The summed E-state index contributed by atoms with van der Waals surface area (Å²) in [5.41, 5.74) is 4.09. The van der Waals surface area contributed by atoms with Crippen LogP contribution < -0.4 is 4.72 Å². The summed E-state index contributed by atoms with van der Waals surface area (Å²) in [6.45, 7) is 6.17. The van der Waals surface area contributed by atoms with Gasteiger partial charge in [0.25, 0.3) is 10.0 Å². The summed E-state index contributed by atoms with van der Waals surface area (Å²) < 4.78 is 27.5. The number of hydrogen-bond donors (Lipinski definition) is 1. The molecule has 4 nitrogen and oxygen atoms in total. The fourth-order valence-corrected chi connectivity index (χ4v) is 3.95. The Bertz CT molecular complexity index is 1140. The van der Waals surface area contributed by atoms with Crippen LogP contribution >= 0.6 is 0 Å². The quantitative estimate of drug-likeness (QED) is 0.388. The zero-order chi connectivity index (χ0) is 21.7. The molecule has 3 rings (SSSR count). The van der Waals surface area contributed by atoms with Crippen LogP contribution in [-0.4, -0.2) is 14.2 Å². The molecule has 0 aliphatic carbocycles. The number of rotatable bonds is 7. The molecule has 0 bridgehead atoms. The van der Waals surface area contributed by atoms with Crippen molar-refractivity contribution in [1.29, 1.82) is 0 Å². The van der Waals surface area contributed by atoms with Crippen LogP contribution in [0.1, 0.15) is 46.8 Å². The molecule has 0 spiro atoms. The molecular formula is C25H25NO3S. The van der Waals surface area contributed by atoms with Crippen molar-refractivity contribution in [2.24, 2.45) is 0 Å². The first-order chi connectivity index (χ1) is 14.2. The highest BCUT2D eigenvalue weighted by molar-refractivity contribution is 7.92. The molecule has 3 aromatic rings. The molecule has 0 amide bonds. The normalized spacial score (nSPS) is 11.7. The van der Waals surface area contributed by atoms with Crippen LogP contribution in [0.15, 0.2) is 83.8 Å². The van der Waals surface area contributed by atoms with Gasteiger partial charge in [-0.05, 0) is 66.4 Å². The monoisotopic (exact) mass is 419 g/mol. The number of anilines is 1. The predicted molar refractivity (Wildman–Crippen MR) is 122 cm³/mol. The van der Waals surface area contributed by atoms with E-state index in [2.05, 4.69) is 30.7 Å². The number of aryl methyl sites for hydroxylation is 1. The van der Waals surface area contributed by atoms with Crippen molar-refractivity contribution in [2.45, 2.75) is 31.6 Å². The third-order valence-electron chi connectivity index (χ3n) is 4.78. The summed E-state index contributed by atoms with van der Waals surface area (Å²) in [6.07, 6.45) is 3.30. The largest absolute Gasteiger partial charge is 0.289 e. The average molecular weight is 420 g/mol. The molecule has 5 heteroatoms. The molecule has 1 N–H and O–H groups in total. The Kier molecular flexibility index (Phi) is 6.53. The lowest BCUT2D eigenvalue weighted by atomic mass is 10.0. The molecule has 0 aromatic heterocycles. The average Bonchev–Trinajstić information content (AvgIpc) is 2.73. The first-order valence-electron chi connectivity index (χ1n) is 9.76. The maximum atomic E-state index is 12.5. The number of sulfonamides is 1. The Morgan fingerprint density at radius 1 is 0.867 bits per heavy atom. The first kappa shape index (κ1) is 21.5. The first-order valence-corrected chi connectivity index (χ1v) is 11.2. The van der Waals surface area contributed by atoms with Crippen LogP contribution in [-0.2, 0) is 10.0 Å². The molecule has 0 unspecified atom stereocenters. The second kappa shape index (κ2) is 9.09. The van der Waals surface area contributed by atoms with Crippen molar-refractivity contribution < 1.29 is 13.2 Å². The summed E-state index contributed by atoms with van der Waals surface area (Å²) in [6, 6.07) is 21.1. The van der Waals surface area contributed by atoms with Crippen LogP contribution in [0.25, 0.3) is 6.08 Å². The molecule has 3 aromatic carbocycles. The van der Waals surface area contributed by atoms with Gasteiger partial charge < -0.3 is 0 Å². The Morgan fingerprint density at radius 3 is 2.03 bits per heavy atom. The number of allylic oxidation sites excluding steroid dienone is 1. The van der Waals surface area contributed by atoms with Gasteiger partial charge in [0.15, 0.2) is 5.78 Å². The molecule has 0 saturated heterocycles. The fraction of sp³-hybridized carbons (Fsp3) is 0.160. The standard InChI is InChI=1S/C25H25NO3S/c1-18(2)21-9-6-20(7-10-21)8-17-25(27)22-11-13-23(14-12-22)26-30(28,29)24-15-4-19(3)5-16-24/h4-18,26H,1-3H3/b17-8+. The van der Waals surface area contributed by atoms with E-state index in [4.69, 9.17) is 0 Å². The lowest BCUT2D eigenvalue weighted by Gasteiger charge is -2.08. The van der Waals surface area contributed by atoms with Gasteiger partial charge in [0, 0.05) is 11.3 Å². The number of benzene rings is 3. The predicted octanol–water partition coefficient (Wildman–Crippen LogP) is 5.82. The van der Waals surface area contributed by atoms with Gasteiger partial charge >= 0.3 is 0 Å². The van der Waals surface area contributed by atoms with Gasteiger partial charge in [-0.1, -0.05) is 61.9 Å². The van der Waals surface area contributed by atoms with Crippen molar-refractivity contribution in [1.82, 2.24) is 0 Å². The molecular weight excluding hydrogens is 394 g/mol. The van der Waals surface area contributed by atoms with Gasteiger partial charge in [0.05, 0.1) is 4.90 Å². The minimum Gasteiger partial charge on any atom is -0.289 e. The van der Waals surface area contributed by atoms with E-state index in [9.17, 15) is 13.2 Å². The van der Waals surface area contributed by atoms with Gasteiger partial charge in [0.2, 0.25) is 0 Å². The molecule has 0 saturated carbocycles. The van der Waals surface area contributed by atoms with Gasteiger partial charge in [-0.2, -0.15) is 0 Å². The lowest BCUT2D eigenvalue weighted by molar-refractivity contribution is 0.104. The summed E-state index contributed by atoms with van der Waals surface area (Å²) in [7, 11) is -3.67. The molecule has 0 aliphatic rings. The molecule has 0 atom stereocenters. The van der Waals surface area contributed by atoms with Gasteiger partial charge in [-0.15, -0.1) is 0 Å². The minimum atomic E-state index is -3.67. The Balaban J connectivity index is 1.67. The second-order valence-corrected chi connectivity index (χ2v) is 9.20. The lowest BCUT2D eigenvalue weighted by Crippen LogP contribution is -2.13. The topological polar surface area (TPSA) is 63.2 Å². The molecule has 0 heterocycles. The van der Waals surface area contributed by atoms with E-state index in [1.807, 2.05) is 19.1 Å². The van der Waals surface area contributed by atoms with E-state index in [0.717, 1.165) is 11.1 Å². The van der Waals surface area contributed by atoms with E-state index < -0.39 is 10.0 Å². The van der Waals surface area contributed by atoms with E-state index in [0.29, 0.717) is 17.2 Å². The molecule has 154 valence electrons. The SMILES string of the molecule is Cc1ccc(S(=O)(=O)Nc2ccc(C(=O)/C=C/c3ccc(C(C)C)cc3)cc2)cc1. The zero-order valence-corrected chi connectivity index (χ0v) is 18.1. The third kappa shape index (κ3) is 5.45. The molecule has 0 aliphatic heterocycles. The van der Waals surface area contributed by atoms with Crippen LogP contribution in [0.4, 0.5) is 5.69 Å². The number of carbonyl (C=O) groups excluding carboxylic acids is 1. The number of ketones is 1. The summed E-state index contributed by atoms with van der Waals surface area (Å²) in [5, 5.41) is 0. The summed E-state index contributed by atoms with van der Waals surface area (Å²) in [4.78, 5) is 12.6. The molecule has 0 radical (unpaired) electrons. The van der Waals surface area contributed by atoms with Crippen molar-refractivity contribution in [3.05, 3.63) is 101 Å². The summed E-state index contributed by atoms with van der Waals surface area (Å²) >= 11 is 0. The van der Waals surface area contributed by atoms with Gasteiger partial charge in [-0.3, -0.25) is 9.52 Å². The van der Waals surface area contributed by atoms with Crippen LogP contribution in [0.3, 0.4) is 0 Å². The van der Waals surface area contributed by atoms with Crippen molar-refractivity contribution in [3.63, 3.8) is 0 Å². The Morgan fingerprint density at radius 2 is 1.47 bits per heavy atom. The maximum absolute atomic E-state index is 12.5. The van der Waals surface area contributed by atoms with Crippen LogP contribution in [0, 0.1) is 6.92 Å². The van der Waals surface area contributed by atoms with Crippen LogP contribution in [0.2, 0.25) is 0 Å². The highest BCUT2D eigenvalue weighted by Crippen LogP contribution is 2.18. The minimum absolute atomic E-state index is 0.143. The van der Waals surface area contributed by atoms with Crippen LogP contribution in [0.5, 0.6) is 0 Å². The fourth-order valence-electron chi connectivity index (χ4n) is 2.89. The zero-order valence-electron chi connectivity index (χ0n) is 17.3. The van der Waals surface area contributed by atoms with Gasteiger partial charge in [-0.25, -0.2) is 8.42 Å². The van der Waals surface area contributed by atoms with Crippen molar-refractivity contribution in [2.75, 3.05) is 4.72 Å². The van der Waals surface area contributed by atoms with E-state index >= 15 is 0 Å². The van der Waals surface area contributed by atoms with Gasteiger partial charge in [0.1, 0.15) is 0 Å². The molecule has 0 fully saturated rings. The smallest absolute Gasteiger partial charge is 0.261 e. The number of nitrogens with one attached hydrogen (secondary N) is 1. The maximum Gasteiger partial charge on any atom is 0.261 e. The summed E-state index contributed by atoms with van der Waals surface area (Å²) in [5.74, 6) is 0.322. The van der Waals surface area contributed by atoms with Crippen molar-refractivity contribution in [3.8, 4) is 0 Å². The Hall–Kier alpha value is -3.18. The van der Waals surface area contributed by atoms with E-state index in [-0.39, 0.29) is 10.7 Å². The van der Waals surface area contributed by atoms with E-state index in [1.54, 1.807) is 54.6 Å². The Labute approximate surface area is 178 Å². The third-order valence-corrected chi connectivity index (χ3v) is 6.18. The molecule has 30 heavy (non-hydrogen) atoms. The van der Waals surface area contributed by atoms with E-state index in [1.165, 1.54) is 11.6 Å². The van der Waals surface area contributed by atoms with Crippen molar-refractivity contribution >= 4 is 27.6 Å². The second-order valence-electron chi connectivity index (χ2n) is 7.51. The highest BCUT2D eigenvalue weighted by Gasteiger charge is 2.14. The highest BCUT2D eigenvalue weighted by atomic mass is 32.2. The number of hydrogen-bond acceptors (Lipinski definition) is 3. The number of carbonyl (C=O) groups is 1.